The molecule has 0 fully saturated rings. The van der Waals surface area contributed by atoms with Crippen molar-refractivity contribution in [3.05, 3.63) is 58.6 Å². The molecular weight excluding hydrogens is 420 g/mol. The lowest BCUT2D eigenvalue weighted by atomic mass is 10.2. The minimum Gasteiger partial charge on any atom is -0.344 e. The second-order valence-corrected chi connectivity index (χ2v) is 7.32. The number of thiophene rings is 1. The van der Waals surface area contributed by atoms with Gasteiger partial charge in [-0.25, -0.2) is 4.68 Å². The van der Waals surface area contributed by atoms with Gasteiger partial charge in [0.25, 0.3) is 5.91 Å². The lowest BCUT2D eigenvalue weighted by Gasteiger charge is -2.11. The molecule has 4 nitrogen and oxygen atoms in total. The van der Waals surface area contributed by atoms with Crippen molar-refractivity contribution in [3.63, 3.8) is 0 Å². The van der Waals surface area contributed by atoms with Crippen molar-refractivity contribution in [3.8, 4) is 16.3 Å². The maximum atomic E-state index is 13.2. The van der Waals surface area contributed by atoms with Crippen LogP contribution in [0.15, 0.2) is 42.5 Å². The fraction of sp³-hybridized carbons (Fsp3) is 0.222. The van der Waals surface area contributed by atoms with Crippen LogP contribution in [0.25, 0.3) is 16.3 Å². The summed E-state index contributed by atoms with van der Waals surface area (Å²) in [5.41, 5.74) is -2.52. The highest BCUT2D eigenvalue weighted by Gasteiger charge is 2.36. The average molecular weight is 433 g/mol. The van der Waals surface area contributed by atoms with Crippen LogP contribution in [0.2, 0.25) is 0 Å². The van der Waals surface area contributed by atoms with Gasteiger partial charge in [0.15, 0.2) is 5.69 Å². The van der Waals surface area contributed by atoms with Gasteiger partial charge in [-0.2, -0.15) is 31.4 Å². The summed E-state index contributed by atoms with van der Waals surface area (Å²) in [5, 5.41) is 3.48. The summed E-state index contributed by atoms with van der Waals surface area (Å²) in [6.07, 6.45) is -9.45. The molecule has 154 valence electrons. The molecule has 0 atom stereocenters. The van der Waals surface area contributed by atoms with Crippen LogP contribution in [0.3, 0.4) is 0 Å². The third kappa shape index (κ3) is 4.29. The summed E-state index contributed by atoms with van der Waals surface area (Å²) in [6.45, 7) is 0. The number of alkyl halides is 6. The fourth-order valence-electron chi connectivity index (χ4n) is 2.52. The molecule has 2 aromatic heterocycles. The zero-order valence-corrected chi connectivity index (χ0v) is 15.8. The van der Waals surface area contributed by atoms with E-state index in [1.165, 1.54) is 37.2 Å². The van der Waals surface area contributed by atoms with E-state index in [1.807, 2.05) is 0 Å². The van der Waals surface area contributed by atoms with Crippen molar-refractivity contribution >= 4 is 17.2 Å². The number of hydrogen-bond acceptors (Lipinski definition) is 3. The van der Waals surface area contributed by atoms with Gasteiger partial charge in [-0.15, -0.1) is 11.3 Å². The van der Waals surface area contributed by atoms with E-state index >= 15 is 0 Å². The Kier molecular flexibility index (Phi) is 5.20. The summed E-state index contributed by atoms with van der Waals surface area (Å²) in [5.74, 6) is -0.345. The number of halogens is 6. The monoisotopic (exact) mass is 433 g/mol. The Labute approximate surface area is 165 Å². The normalized spacial score (nSPS) is 12.3. The van der Waals surface area contributed by atoms with E-state index in [1.54, 1.807) is 0 Å². The minimum atomic E-state index is -4.79. The first kappa shape index (κ1) is 20.9. The average Bonchev–Trinajstić information content (AvgIpc) is 3.27. The smallest absolute Gasteiger partial charge is 0.344 e. The Morgan fingerprint density at radius 1 is 1.00 bits per heavy atom. The lowest BCUT2D eigenvalue weighted by Crippen LogP contribution is -2.20. The number of carbonyl (C=O) groups is 1. The molecule has 0 aliphatic carbocycles. The summed E-state index contributed by atoms with van der Waals surface area (Å²) in [6, 6.07) is 7.47. The molecule has 29 heavy (non-hydrogen) atoms. The van der Waals surface area contributed by atoms with Gasteiger partial charge in [0.2, 0.25) is 0 Å². The molecule has 1 amide bonds. The Bertz CT molecular complexity index is 1050. The third-order valence-electron chi connectivity index (χ3n) is 3.89. The van der Waals surface area contributed by atoms with Crippen LogP contribution >= 0.6 is 11.3 Å². The van der Waals surface area contributed by atoms with Gasteiger partial charge in [0, 0.05) is 14.1 Å². The SMILES string of the molecule is CN(C)C(=O)c1ccc(-c2cc(C(F)(F)F)nn2-c2cccc(C(F)(F)F)c2)s1. The van der Waals surface area contributed by atoms with Crippen LogP contribution in [0, 0.1) is 0 Å². The van der Waals surface area contributed by atoms with E-state index in [4.69, 9.17) is 0 Å². The summed E-state index contributed by atoms with van der Waals surface area (Å²) in [7, 11) is 3.05. The number of rotatable bonds is 3. The van der Waals surface area contributed by atoms with Crippen LogP contribution in [-0.2, 0) is 12.4 Å². The van der Waals surface area contributed by atoms with Crippen LogP contribution in [0.4, 0.5) is 26.3 Å². The van der Waals surface area contributed by atoms with Gasteiger partial charge in [-0.05, 0) is 36.4 Å². The molecule has 2 heterocycles. The molecule has 1 aromatic carbocycles. The van der Waals surface area contributed by atoms with E-state index in [0.717, 1.165) is 40.3 Å². The van der Waals surface area contributed by atoms with Crippen molar-refractivity contribution in [2.45, 2.75) is 12.4 Å². The first-order chi connectivity index (χ1) is 13.4. The highest BCUT2D eigenvalue weighted by molar-refractivity contribution is 7.17. The minimum absolute atomic E-state index is 0.0699. The Morgan fingerprint density at radius 2 is 1.69 bits per heavy atom. The summed E-state index contributed by atoms with van der Waals surface area (Å²) < 4.78 is 79.5. The molecule has 0 aliphatic rings. The van der Waals surface area contributed by atoms with E-state index < -0.39 is 23.6 Å². The molecule has 0 unspecified atom stereocenters. The largest absolute Gasteiger partial charge is 0.435 e. The molecule has 0 N–H and O–H groups in total. The second-order valence-electron chi connectivity index (χ2n) is 6.24. The molecule has 3 aromatic rings. The van der Waals surface area contributed by atoms with Crippen LogP contribution < -0.4 is 0 Å². The predicted octanol–water partition coefficient (Wildman–Crippen LogP) is 5.34. The fourth-order valence-corrected chi connectivity index (χ4v) is 3.55. The topological polar surface area (TPSA) is 38.1 Å². The second kappa shape index (κ2) is 7.21. The number of carbonyl (C=O) groups excluding carboxylic acids is 1. The standard InChI is InChI=1S/C18H13F6N3OS/c1-26(2)16(28)14-7-6-13(29-14)12-9-15(18(22,23)24)25-27(12)11-5-3-4-10(8-11)17(19,20)21/h3-9H,1-2H3. The summed E-state index contributed by atoms with van der Waals surface area (Å²) in [4.78, 5) is 13.9. The van der Waals surface area contributed by atoms with Gasteiger partial charge in [0.1, 0.15) is 0 Å². The molecule has 0 bridgehead atoms. The summed E-state index contributed by atoms with van der Waals surface area (Å²) >= 11 is 0.923. The van der Waals surface area contributed by atoms with Crippen LogP contribution in [0.1, 0.15) is 20.9 Å². The van der Waals surface area contributed by atoms with Gasteiger partial charge in [-0.1, -0.05) is 6.07 Å². The molecule has 0 spiro atoms. The van der Waals surface area contributed by atoms with Crippen molar-refractivity contribution in [1.82, 2.24) is 14.7 Å². The Balaban J connectivity index is 2.16. The quantitative estimate of drug-likeness (QED) is 0.523. The number of aromatic nitrogens is 2. The van der Waals surface area contributed by atoms with Gasteiger partial charge >= 0.3 is 12.4 Å². The van der Waals surface area contributed by atoms with Crippen molar-refractivity contribution in [2.75, 3.05) is 14.1 Å². The Morgan fingerprint density at radius 3 is 2.28 bits per heavy atom. The molecule has 0 saturated carbocycles. The lowest BCUT2D eigenvalue weighted by molar-refractivity contribution is -0.141. The van der Waals surface area contributed by atoms with Gasteiger partial charge < -0.3 is 4.90 Å². The first-order valence-corrected chi connectivity index (χ1v) is 8.86. The Hall–Kier alpha value is -2.82. The van der Waals surface area contributed by atoms with E-state index in [-0.39, 0.29) is 27.0 Å². The first-order valence-electron chi connectivity index (χ1n) is 8.04. The van der Waals surface area contributed by atoms with Crippen LogP contribution in [-0.4, -0.2) is 34.7 Å². The molecule has 0 aliphatic heterocycles. The molecule has 3 rings (SSSR count). The maximum Gasteiger partial charge on any atom is 0.435 e. The van der Waals surface area contributed by atoms with Crippen LogP contribution in [0.5, 0.6) is 0 Å². The number of benzene rings is 1. The molecule has 0 radical (unpaired) electrons. The zero-order valence-electron chi connectivity index (χ0n) is 15.0. The molecule has 0 saturated heterocycles. The number of hydrogen-bond donors (Lipinski definition) is 0. The zero-order chi connectivity index (χ0) is 21.6. The predicted molar refractivity (Wildman–Crippen MR) is 94.9 cm³/mol. The van der Waals surface area contributed by atoms with Gasteiger partial charge in [-0.3, -0.25) is 4.79 Å². The highest BCUT2D eigenvalue weighted by Crippen LogP contribution is 2.37. The van der Waals surface area contributed by atoms with E-state index in [2.05, 4.69) is 5.10 Å². The highest BCUT2D eigenvalue weighted by atomic mass is 32.1. The van der Waals surface area contributed by atoms with Crippen molar-refractivity contribution in [1.29, 1.82) is 0 Å². The van der Waals surface area contributed by atoms with Crippen molar-refractivity contribution < 1.29 is 31.1 Å². The van der Waals surface area contributed by atoms with Crippen molar-refractivity contribution in [2.24, 2.45) is 0 Å². The third-order valence-corrected chi connectivity index (χ3v) is 4.99. The van der Waals surface area contributed by atoms with Gasteiger partial charge in [0.05, 0.1) is 26.7 Å². The molecular formula is C18H13F6N3OS. The number of nitrogens with zero attached hydrogens (tertiary/aromatic N) is 3. The maximum absolute atomic E-state index is 13.2. The van der Waals surface area contributed by atoms with E-state index in [9.17, 15) is 31.1 Å². The number of amides is 1. The van der Waals surface area contributed by atoms with E-state index in [0.29, 0.717) is 0 Å². The molecule has 11 heteroatoms.